The lowest BCUT2D eigenvalue weighted by Crippen LogP contribution is -2.41. The summed E-state index contributed by atoms with van der Waals surface area (Å²) in [5.41, 5.74) is 1.82. The third kappa shape index (κ3) is 1.57. The van der Waals surface area contributed by atoms with Crippen molar-refractivity contribution in [3.63, 3.8) is 0 Å². The highest BCUT2D eigenvalue weighted by Crippen LogP contribution is 2.52. The van der Waals surface area contributed by atoms with Crippen LogP contribution in [0.1, 0.15) is 43.2 Å². The fourth-order valence-corrected chi connectivity index (χ4v) is 3.98. The van der Waals surface area contributed by atoms with Crippen LogP contribution in [0, 0.1) is 11.7 Å². The largest absolute Gasteiger partial charge is 0.481 e. The van der Waals surface area contributed by atoms with Crippen LogP contribution >= 0.6 is 0 Å². The Bertz CT molecular complexity index is 489. The van der Waals surface area contributed by atoms with Crippen molar-refractivity contribution in [3.8, 4) is 0 Å². The Balaban J connectivity index is 2.15. The fraction of sp³-hybridized carbons (Fsp3) is 0.533. The number of hydrogen-bond acceptors (Lipinski definition) is 1. The number of fused-ring (bicyclic) bond motifs is 2. The van der Waals surface area contributed by atoms with Crippen LogP contribution in [-0.2, 0) is 16.6 Å². The van der Waals surface area contributed by atoms with Gasteiger partial charge in [0, 0.05) is 5.41 Å². The molecular weight excluding hydrogens is 231 g/mol. The maximum absolute atomic E-state index is 13.5. The smallest absolute Gasteiger partial charge is 0.307 e. The minimum Gasteiger partial charge on any atom is -0.481 e. The molecule has 0 bridgehead atoms. The van der Waals surface area contributed by atoms with E-state index in [2.05, 4.69) is 0 Å². The summed E-state index contributed by atoms with van der Waals surface area (Å²) in [4.78, 5) is 11.5. The molecule has 1 N–H and O–H groups in total. The van der Waals surface area contributed by atoms with Gasteiger partial charge in [-0.2, -0.15) is 0 Å². The monoisotopic (exact) mass is 248 g/mol. The van der Waals surface area contributed by atoms with Crippen molar-refractivity contribution in [2.75, 3.05) is 0 Å². The maximum Gasteiger partial charge on any atom is 0.307 e. The number of aliphatic carboxylic acids is 1. The van der Waals surface area contributed by atoms with Gasteiger partial charge in [-0.05, 0) is 48.9 Å². The summed E-state index contributed by atoms with van der Waals surface area (Å²) >= 11 is 0. The van der Waals surface area contributed by atoms with E-state index >= 15 is 0 Å². The highest BCUT2D eigenvalue weighted by Gasteiger charge is 2.49. The first-order valence-corrected chi connectivity index (χ1v) is 6.65. The standard InChI is InChI=1S/C15H17FO2/c16-11-5-3-10-4-6-12(14(17)18)15(13(10)9-11)7-1-2-8-15/h3,5,9,12H,1-2,4,6-8H2,(H,17,18). The second-order valence-corrected chi connectivity index (χ2v) is 5.59. The number of aryl methyl sites for hydroxylation is 1. The van der Waals surface area contributed by atoms with Crippen LogP contribution < -0.4 is 0 Å². The highest BCUT2D eigenvalue weighted by molar-refractivity contribution is 5.73. The van der Waals surface area contributed by atoms with Crippen molar-refractivity contribution in [3.05, 3.63) is 35.1 Å². The number of carboxylic acids is 1. The summed E-state index contributed by atoms with van der Waals surface area (Å²) in [5.74, 6) is -1.30. The summed E-state index contributed by atoms with van der Waals surface area (Å²) in [6.07, 6.45) is 5.34. The molecule has 2 aliphatic carbocycles. The lowest BCUT2D eigenvalue weighted by Gasteiger charge is -2.41. The molecule has 0 radical (unpaired) electrons. The number of benzene rings is 1. The number of carboxylic acid groups (broad SMARTS) is 1. The molecule has 96 valence electrons. The number of carbonyl (C=O) groups is 1. The van der Waals surface area contributed by atoms with Gasteiger partial charge in [-0.25, -0.2) is 4.39 Å². The summed E-state index contributed by atoms with van der Waals surface area (Å²) in [6, 6.07) is 4.90. The molecule has 1 spiro atoms. The molecule has 1 saturated carbocycles. The van der Waals surface area contributed by atoms with Gasteiger partial charge >= 0.3 is 5.97 Å². The van der Waals surface area contributed by atoms with Crippen molar-refractivity contribution >= 4 is 5.97 Å². The zero-order chi connectivity index (χ0) is 12.8. The van der Waals surface area contributed by atoms with Crippen molar-refractivity contribution in [2.45, 2.75) is 43.9 Å². The first-order chi connectivity index (χ1) is 8.63. The Hall–Kier alpha value is -1.38. The normalized spacial score (nSPS) is 25.1. The van der Waals surface area contributed by atoms with E-state index < -0.39 is 5.97 Å². The molecule has 2 aliphatic rings. The van der Waals surface area contributed by atoms with Crippen molar-refractivity contribution < 1.29 is 14.3 Å². The topological polar surface area (TPSA) is 37.3 Å². The SMILES string of the molecule is O=C(O)C1CCc2ccc(F)cc2C12CCCC2. The molecular formula is C15H17FO2. The molecule has 0 aromatic heterocycles. The Kier molecular flexibility index (Phi) is 2.65. The zero-order valence-electron chi connectivity index (χ0n) is 10.3. The van der Waals surface area contributed by atoms with E-state index in [9.17, 15) is 14.3 Å². The van der Waals surface area contributed by atoms with Gasteiger partial charge in [0.25, 0.3) is 0 Å². The van der Waals surface area contributed by atoms with Crippen molar-refractivity contribution in [1.29, 1.82) is 0 Å². The lowest BCUT2D eigenvalue weighted by atomic mass is 9.62. The van der Waals surface area contributed by atoms with Crippen LogP contribution in [0.2, 0.25) is 0 Å². The second kappa shape index (κ2) is 4.08. The lowest BCUT2D eigenvalue weighted by molar-refractivity contribution is -0.145. The Morgan fingerprint density at radius 2 is 2.06 bits per heavy atom. The van der Waals surface area contributed by atoms with Gasteiger partial charge in [-0.15, -0.1) is 0 Å². The van der Waals surface area contributed by atoms with Crippen LogP contribution in [-0.4, -0.2) is 11.1 Å². The van der Waals surface area contributed by atoms with Gasteiger partial charge in [0.2, 0.25) is 0 Å². The van der Waals surface area contributed by atoms with Gasteiger partial charge in [-0.3, -0.25) is 4.79 Å². The summed E-state index contributed by atoms with van der Waals surface area (Å²) in [7, 11) is 0. The minimum atomic E-state index is -0.716. The highest BCUT2D eigenvalue weighted by atomic mass is 19.1. The van der Waals surface area contributed by atoms with Gasteiger partial charge in [0.05, 0.1) is 5.92 Å². The Morgan fingerprint density at radius 1 is 1.33 bits per heavy atom. The van der Waals surface area contributed by atoms with Gasteiger partial charge in [0.15, 0.2) is 0 Å². The van der Waals surface area contributed by atoms with Crippen molar-refractivity contribution in [2.24, 2.45) is 5.92 Å². The molecule has 1 aromatic carbocycles. The first-order valence-electron chi connectivity index (χ1n) is 6.65. The summed E-state index contributed by atoms with van der Waals surface area (Å²) in [6.45, 7) is 0. The van der Waals surface area contributed by atoms with Crippen LogP contribution in [0.5, 0.6) is 0 Å². The number of hydrogen-bond donors (Lipinski definition) is 1. The predicted octanol–water partition coefficient (Wildman–Crippen LogP) is 3.28. The third-order valence-electron chi connectivity index (χ3n) is 4.77. The van der Waals surface area contributed by atoms with Gasteiger partial charge in [0.1, 0.15) is 5.82 Å². The quantitative estimate of drug-likeness (QED) is 0.828. The van der Waals surface area contributed by atoms with E-state index in [0.717, 1.165) is 43.2 Å². The Labute approximate surface area is 106 Å². The van der Waals surface area contributed by atoms with Gasteiger partial charge < -0.3 is 5.11 Å². The van der Waals surface area contributed by atoms with Gasteiger partial charge in [-0.1, -0.05) is 18.9 Å². The second-order valence-electron chi connectivity index (χ2n) is 5.59. The van der Waals surface area contributed by atoms with E-state index in [-0.39, 0.29) is 17.2 Å². The average Bonchev–Trinajstić information content (AvgIpc) is 2.80. The molecule has 0 heterocycles. The predicted molar refractivity (Wildman–Crippen MR) is 66.0 cm³/mol. The molecule has 1 unspecified atom stereocenters. The molecule has 1 atom stereocenters. The summed E-state index contributed by atoms with van der Waals surface area (Å²) in [5, 5.41) is 9.46. The molecule has 1 fully saturated rings. The molecule has 3 rings (SSSR count). The Morgan fingerprint density at radius 3 is 2.72 bits per heavy atom. The maximum atomic E-state index is 13.5. The van der Waals surface area contributed by atoms with E-state index in [1.807, 2.05) is 6.07 Å². The molecule has 1 aromatic rings. The average molecular weight is 248 g/mol. The molecule has 0 saturated heterocycles. The first kappa shape index (κ1) is 11.7. The molecule has 2 nitrogen and oxygen atoms in total. The van der Waals surface area contributed by atoms with Crippen LogP contribution in [0.25, 0.3) is 0 Å². The third-order valence-corrected chi connectivity index (χ3v) is 4.77. The zero-order valence-corrected chi connectivity index (χ0v) is 10.3. The van der Waals surface area contributed by atoms with E-state index in [1.165, 1.54) is 6.07 Å². The van der Waals surface area contributed by atoms with E-state index in [0.29, 0.717) is 6.42 Å². The van der Waals surface area contributed by atoms with Crippen LogP contribution in [0.4, 0.5) is 4.39 Å². The molecule has 0 aliphatic heterocycles. The summed E-state index contributed by atoms with van der Waals surface area (Å²) < 4.78 is 13.5. The molecule has 0 amide bonds. The van der Waals surface area contributed by atoms with Crippen molar-refractivity contribution in [1.82, 2.24) is 0 Å². The fourth-order valence-electron chi connectivity index (χ4n) is 3.98. The van der Waals surface area contributed by atoms with E-state index in [1.54, 1.807) is 6.07 Å². The van der Waals surface area contributed by atoms with E-state index in [4.69, 9.17) is 0 Å². The van der Waals surface area contributed by atoms with Crippen LogP contribution in [0.15, 0.2) is 18.2 Å². The number of rotatable bonds is 1. The minimum absolute atomic E-state index is 0.244. The number of halogens is 1. The molecule has 3 heteroatoms. The van der Waals surface area contributed by atoms with Crippen LogP contribution in [0.3, 0.4) is 0 Å². The molecule has 18 heavy (non-hydrogen) atoms.